The maximum atomic E-state index is 11.4. The zero-order valence-electron chi connectivity index (χ0n) is 11.8. The molecule has 0 aromatic carbocycles. The van der Waals surface area contributed by atoms with Crippen molar-refractivity contribution in [2.75, 3.05) is 44.9 Å². The molecule has 5 nitrogen and oxygen atoms in total. The van der Waals surface area contributed by atoms with Crippen molar-refractivity contribution in [2.24, 2.45) is 5.73 Å². The number of hydrogen-bond donors (Lipinski definition) is 2. The molecular weight excluding hydrogens is 260 g/mol. The fourth-order valence-corrected chi connectivity index (χ4v) is 3.28. The van der Waals surface area contributed by atoms with Gasteiger partial charge in [-0.3, -0.25) is 4.79 Å². The van der Waals surface area contributed by atoms with Crippen molar-refractivity contribution in [2.45, 2.75) is 18.8 Å². The van der Waals surface area contributed by atoms with E-state index in [0.29, 0.717) is 16.5 Å². The molecule has 1 aliphatic rings. The summed E-state index contributed by atoms with van der Waals surface area (Å²) in [5, 5.41) is 1.11. The summed E-state index contributed by atoms with van der Waals surface area (Å²) in [7, 11) is 6.14. The number of likely N-dealkylation sites (N-methyl/N-ethyl adjacent to an activating group) is 2. The SMILES string of the molecule is CN(C)CCN(C)c1sc(C(N)=O)c(N)c1C1CC1. The highest BCUT2D eigenvalue weighted by Crippen LogP contribution is 2.51. The van der Waals surface area contributed by atoms with Crippen molar-refractivity contribution in [3.63, 3.8) is 0 Å². The fourth-order valence-electron chi connectivity index (χ4n) is 2.13. The van der Waals surface area contributed by atoms with Crippen molar-refractivity contribution < 1.29 is 4.79 Å². The molecule has 0 atom stereocenters. The molecule has 19 heavy (non-hydrogen) atoms. The molecule has 1 aromatic heterocycles. The summed E-state index contributed by atoms with van der Waals surface area (Å²) in [6.45, 7) is 1.87. The lowest BCUT2D eigenvalue weighted by atomic mass is 10.1. The molecule has 0 aliphatic heterocycles. The van der Waals surface area contributed by atoms with Gasteiger partial charge in [-0.2, -0.15) is 0 Å². The van der Waals surface area contributed by atoms with E-state index >= 15 is 0 Å². The van der Waals surface area contributed by atoms with Crippen LogP contribution in [0.25, 0.3) is 0 Å². The molecule has 2 rings (SSSR count). The standard InChI is InChI=1S/C13H22N4OS/c1-16(2)6-7-17(3)13-9(8-4-5-8)10(14)11(19-13)12(15)18/h8H,4-7,14H2,1-3H3,(H2,15,18). The Bertz CT molecular complexity index is 479. The number of nitrogens with two attached hydrogens (primary N) is 2. The minimum absolute atomic E-state index is 0.420. The predicted molar refractivity (Wildman–Crippen MR) is 81.0 cm³/mol. The van der Waals surface area contributed by atoms with Crippen LogP contribution in [0.5, 0.6) is 0 Å². The highest BCUT2D eigenvalue weighted by atomic mass is 32.1. The van der Waals surface area contributed by atoms with E-state index < -0.39 is 5.91 Å². The van der Waals surface area contributed by atoms with Crippen molar-refractivity contribution in [3.8, 4) is 0 Å². The first kappa shape index (κ1) is 14.1. The van der Waals surface area contributed by atoms with Crippen molar-refractivity contribution >= 4 is 27.9 Å². The van der Waals surface area contributed by atoms with E-state index in [1.165, 1.54) is 11.3 Å². The first-order valence-corrected chi connectivity index (χ1v) is 7.31. The Morgan fingerprint density at radius 1 is 1.32 bits per heavy atom. The molecular formula is C13H22N4OS. The van der Waals surface area contributed by atoms with Gasteiger partial charge in [0, 0.05) is 25.7 Å². The van der Waals surface area contributed by atoms with Crippen LogP contribution in [-0.4, -0.2) is 45.0 Å². The number of carbonyl (C=O) groups is 1. The largest absolute Gasteiger partial charge is 0.397 e. The Kier molecular flexibility index (Phi) is 4.01. The van der Waals surface area contributed by atoms with Gasteiger partial charge in [0.15, 0.2) is 0 Å². The summed E-state index contributed by atoms with van der Waals surface area (Å²) in [5.41, 5.74) is 13.3. The second-order valence-electron chi connectivity index (χ2n) is 5.43. The van der Waals surface area contributed by atoms with Gasteiger partial charge in [0.1, 0.15) is 4.88 Å². The number of nitrogen functional groups attached to an aromatic ring is 1. The quantitative estimate of drug-likeness (QED) is 0.825. The van der Waals surface area contributed by atoms with Crippen LogP contribution in [0.4, 0.5) is 10.7 Å². The Hall–Kier alpha value is -1.27. The van der Waals surface area contributed by atoms with Crippen LogP contribution in [0.3, 0.4) is 0 Å². The number of thiophene rings is 1. The van der Waals surface area contributed by atoms with Crippen LogP contribution in [0.1, 0.15) is 34.0 Å². The molecule has 1 aliphatic carbocycles. The number of amides is 1. The van der Waals surface area contributed by atoms with Gasteiger partial charge in [0.2, 0.25) is 0 Å². The van der Waals surface area contributed by atoms with E-state index in [4.69, 9.17) is 11.5 Å². The zero-order valence-corrected chi connectivity index (χ0v) is 12.6. The molecule has 0 radical (unpaired) electrons. The van der Waals surface area contributed by atoms with Crippen molar-refractivity contribution in [1.29, 1.82) is 0 Å². The van der Waals surface area contributed by atoms with Gasteiger partial charge in [-0.15, -0.1) is 11.3 Å². The lowest BCUT2D eigenvalue weighted by Crippen LogP contribution is -2.28. The highest BCUT2D eigenvalue weighted by molar-refractivity contribution is 7.18. The lowest BCUT2D eigenvalue weighted by Gasteiger charge is -2.21. The van der Waals surface area contributed by atoms with Crippen LogP contribution in [0, 0.1) is 0 Å². The third-order valence-electron chi connectivity index (χ3n) is 3.40. The van der Waals surface area contributed by atoms with E-state index in [0.717, 1.165) is 36.5 Å². The summed E-state index contributed by atoms with van der Waals surface area (Å²) in [6.07, 6.45) is 2.32. The summed E-state index contributed by atoms with van der Waals surface area (Å²) < 4.78 is 0. The molecule has 0 spiro atoms. The first-order chi connectivity index (χ1) is 8.91. The summed E-state index contributed by atoms with van der Waals surface area (Å²) in [5.74, 6) is 0.0952. The number of carbonyl (C=O) groups excluding carboxylic acids is 1. The number of anilines is 2. The molecule has 1 fully saturated rings. The van der Waals surface area contributed by atoms with Gasteiger partial charge in [0.05, 0.1) is 10.7 Å². The Balaban J connectivity index is 2.27. The maximum absolute atomic E-state index is 11.4. The molecule has 0 unspecified atom stereocenters. The van der Waals surface area contributed by atoms with Crippen LogP contribution in [0.15, 0.2) is 0 Å². The van der Waals surface area contributed by atoms with Gasteiger partial charge < -0.3 is 21.3 Å². The molecule has 6 heteroatoms. The molecule has 106 valence electrons. The molecule has 1 amide bonds. The molecule has 1 saturated carbocycles. The molecule has 4 N–H and O–H groups in total. The highest BCUT2D eigenvalue weighted by Gasteiger charge is 2.33. The summed E-state index contributed by atoms with van der Waals surface area (Å²) in [4.78, 5) is 16.3. The van der Waals surface area contributed by atoms with Gasteiger partial charge in [0.25, 0.3) is 5.91 Å². The number of nitrogens with zero attached hydrogens (tertiary/aromatic N) is 2. The third-order valence-corrected chi connectivity index (χ3v) is 4.75. The number of hydrogen-bond acceptors (Lipinski definition) is 5. The Labute approximate surface area is 118 Å². The number of rotatable bonds is 6. The second kappa shape index (κ2) is 5.38. The average molecular weight is 282 g/mol. The van der Waals surface area contributed by atoms with Crippen LogP contribution < -0.4 is 16.4 Å². The van der Waals surface area contributed by atoms with Crippen molar-refractivity contribution in [1.82, 2.24) is 4.90 Å². The van der Waals surface area contributed by atoms with Crippen LogP contribution >= 0.6 is 11.3 Å². The summed E-state index contributed by atoms with van der Waals surface area (Å²) >= 11 is 1.43. The monoisotopic (exact) mass is 282 g/mol. The Morgan fingerprint density at radius 3 is 2.42 bits per heavy atom. The molecule has 1 aromatic rings. The molecule has 1 heterocycles. The van der Waals surface area contributed by atoms with Gasteiger partial charge in [-0.05, 0) is 32.9 Å². The average Bonchev–Trinajstić information content (AvgIpc) is 3.09. The third kappa shape index (κ3) is 3.01. The predicted octanol–water partition coefficient (Wildman–Crippen LogP) is 1.30. The van der Waals surface area contributed by atoms with E-state index in [1.54, 1.807) is 0 Å². The number of primary amides is 1. The van der Waals surface area contributed by atoms with Crippen LogP contribution in [0.2, 0.25) is 0 Å². The molecule has 0 bridgehead atoms. The second-order valence-corrected chi connectivity index (χ2v) is 6.43. The van der Waals surface area contributed by atoms with Crippen molar-refractivity contribution in [3.05, 3.63) is 10.4 Å². The van der Waals surface area contributed by atoms with E-state index in [2.05, 4.69) is 9.80 Å². The van der Waals surface area contributed by atoms with Gasteiger partial charge in [-0.1, -0.05) is 0 Å². The van der Waals surface area contributed by atoms with E-state index in [-0.39, 0.29) is 0 Å². The minimum Gasteiger partial charge on any atom is -0.397 e. The smallest absolute Gasteiger partial charge is 0.260 e. The van der Waals surface area contributed by atoms with E-state index in [1.807, 2.05) is 21.1 Å². The molecule has 0 saturated heterocycles. The fraction of sp³-hybridized carbons (Fsp3) is 0.615. The van der Waals surface area contributed by atoms with Gasteiger partial charge in [-0.25, -0.2) is 0 Å². The zero-order chi connectivity index (χ0) is 14.2. The first-order valence-electron chi connectivity index (χ1n) is 6.49. The minimum atomic E-state index is -0.420. The van der Waals surface area contributed by atoms with Gasteiger partial charge >= 0.3 is 0 Å². The van der Waals surface area contributed by atoms with E-state index in [9.17, 15) is 4.79 Å². The van der Waals surface area contributed by atoms with Crippen LogP contribution in [-0.2, 0) is 0 Å². The topological polar surface area (TPSA) is 75.6 Å². The summed E-state index contributed by atoms with van der Waals surface area (Å²) in [6, 6.07) is 0. The normalized spacial score (nSPS) is 14.9. The maximum Gasteiger partial charge on any atom is 0.260 e. The lowest BCUT2D eigenvalue weighted by molar-refractivity contribution is 0.100. The Morgan fingerprint density at radius 2 is 1.95 bits per heavy atom.